The molecule has 1 aromatic rings. The van der Waals surface area contributed by atoms with Gasteiger partial charge < -0.3 is 0 Å². The topological polar surface area (TPSA) is 0 Å². The van der Waals surface area contributed by atoms with Crippen LogP contribution in [0.4, 0.5) is 0 Å². The van der Waals surface area contributed by atoms with Crippen molar-refractivity contribution in [3.05, 3.63) is 46.4 Å². The Balaban J connectivity index is 0. The molecule has 0 bridgehead atoms. The summed E-state index contributed by atoms with van der Waals surface area (Å²) in [5.74, 6) is 0. The van der Waals surface area contributed by atoms with Crippen molar-refractivity contribution in [2.24, 2.45) is 0 Å². The standard InChI is InChI=1S/C14H16.3C2H6/c1-3-6-12-9-10-13-7-4-5-8-14(13)11(12)2;3*1-2/h3,6,9-10H,1-2,4-5,7-8H2;3*1-2H3/b12-6-;;;. The summed E-state index contributed by atoms with van der Waals surface area (Å²) in [4.78, 5) is 0. The fourth-order valence-corrected chi connectivity index (χ4v) is 2.21. The second-order valence-corrected chi connectivity index (χ2v) is 3.88. The number of rotatable bonds is 1. The third kappa shape index (κ3) is 6.23. The van der Waals surface area contributed by atoms with E-state index in [9.17, 15) is 0 Å². The first-order valence-electron chi connectivity index (χ1n) is 8.25. The van der Waals surface area contributed by atoms with Gasteiger partial charge in [0, 0.05) is 0 Å². The van der Waals surface area contributed by atoms with Gasteiger partial charge >= 0.3 is 0 Å². The number of benzene rings is 1. The number of hydrogen-bond donors (Lipinski definition) is 0. The molecule has 1 aliphatic rings. The molecule has 0 atom stereocenters. The summed E-state index contributed by atoms with van der Waals surface area (Å²) in [5, 5.41) is 2.43. The van der Waals surface area contributed by atoms with Crippen molar-refractivity contribution in [3.8, 4) is 0 Å². The maximum Gasteiger partial charge on any atom is -0.0187 e. The van der Waals surface area contributed by atoms with Crippen LogP contribution < -0.4 is 10.4 Å². The molecule has 0 radical (unpaired) electrons. The Labute approximate surface area is 126 Å². The van der Waals surface area contributed by atoms with Crippen molar-refractivity contribution in [1.29, 1.82) is 0 Å². The highest BCUT2D eigenvalue weighted by Crippen LogP contribution is 2.16. The first-order valence-corrected chi connectivity index (χ1v) is 8.25. The molecule has 0 heteroatoms. The summed E-state index contributed by atoms with van der Waals surface area (Å²) < 4.78 is 0. The highest BCUT2D eigenvalue weighted by Gasteiger charge is 2.08. The van der Waals surface area contributed by atoms with Crippen LogP contribution in [0.15, 0.2) is 24.8 Å². The molecule has 1 aromatic carbocycles. The zero-order valence-electron chi connectivity index (χ0n) is 14.6. The predicted octanol–water partition coefficient (Wildman–Crippen LogP) is 5.02. The van der Waals surface area contributed by atoms with Gasteiger partial charge in [-0.15, -0.1) is 0 Å². The predicted molar refractivity (Wildman–Crippen MR) is 96.6 cm³/mol. The molecule has 0 N–H and O–H groups in total. The van der Waals surface area contributed by atoms with Gasteiger partial charge in [-0.2, -0.15) is 0 Å². The summed E-state index contributed by atoms with van der Waals surface area (Å²) in [7, 11) is 0. The number of hydrogen-bond acceptors (Lipinski definition) is 0. The quantitative estimate of drug-likeness (QED) is 0.674. The Kier molecular flexibility index (Phi) is 14.8. The molecule has 114 valence electrons. The Hall–Kier alpha value is -1.30. The Morgan fingerprint density at radius 3 is 2.00 bits per heavy atom. The highest BCUT2D eigenvalue weighted by molar-refractivity contribution is 5.41. The van der Waals surface area contributed by atoms with Gasteiger partial charge in [0.2, 0.25) is 0 Å². The fraction of sp³-hybridized carbons (Fsp3) is 0.500. The maximum absolute atomic E-state index is 4.17. The average molecular weight is 274 g/mol. The minimum absolute atomic E-state index is 1.20. The molecule has 1 aliphatic carbocycles. The van der Waals surface area contributed by atoms with Gasteiger partial charge in [0.05, 0.1) is 0 Å². The van der Waals surface area contributed by atoms with Crippen LogP contribution >= 0.6 is 0 Å². The Bertz CT molecular complexity index is 452. The molecule has 0 amide bonds. The molecule has 0 nitrogen and oxygen atoms in total. The van der Waals surface area contributed by atoms with Crippen molar-refractivity contribution in [3.63, 3.8) is 0 Å². The molecule has 0 aromatic heterocycles. The van der Waals surface area contributed by atoms with Crippen LogP contribution in [0, 0.1) is 0 Å². The molecule has 0 aliphatic heterocycles. The SMILES string of the molecule is C=C/C=c1/ccc2c(c1=C)CCCC2.CC.CC.CC. The minimum Gasteiger partial charge on any atom is -0.0990 e. The van der Waals surface area contributed by atoms with E-state index in [-0.39, 0.29) is 0 Å². The summed E-state index contributed by atoms with van der Waals surface area (Å²) in [5.41, 5.74) is 2.98. The largest absolute Gasteiger partial charge is 0.0990 e. The highest BCUT2D eigenvalue weighted by atomic mass is 14.1. The Morgan fingerprint density at radius 1 is 0.900 bits per heavy atom. The van der Waals surface area contributed by atoms with Gasteiger partial charge in [0.25, 0.3) is 0 Å². The van der Waals surface area contributed by atoms with Crippen LogP contribution in [0.25, 0.3) is 12.7 Å². The van der Waals surface area contributed by atoms with E-state index in [4.69, 9.17) is 0 Å². The van der Waals surface area contributed by atoms with Crippen molar-refractivity contribution < 1.29 is 0 Å². The number of allylic oxidation sites excluding steroid dienone is 1. The van der Waals surface area contributed by atoms with Crippen LogP contribution in [0.5, 0.6) is 0 Å². The lowest BCUT2D eigenvalue weighted by molar-refractivity contribution is 0.682. The van der Waals surface area contributed by atoms with Crippen molar-refractivity contribution >= 4 is 12.7 Å². The van der Waals surface area contributed by atoms with E-state index in [1.165, 1.54) is 47.2 Å². The van der Waals surface area contributed by atoms with E-state index in [1.54, 1.807) is 0 Å². The van der Waals surface area contributed by atoms with E-state index in [1.807, 2.05) is 53.7 Å². The van der Waals surface area contributed by atoms with E-state index >= 15 is 0 Å². The van der Waals surface area contributed by atoms with Crippen molar-refractivity contribution in [2.75, 3.05) is 0 Å². The van der Waals surface area contributed by atoms with Gasteiger partial charge in [-0.3, -0.25) is 0 Å². The molecule has 0 fully saturated rings. The van der Waals surface area contributed by atoms with Crippen LogP contribution in [-0.4, -0.2) is 0 Å². The summed E-state index contributed by atoms with van der Waals surface area (Å²) in [6.45, 7) is 19.9. The third-order valence-electron chi connectivity index (χ3n) is 2.98. The first kappa shape index (κ1) is 21.0. The third-order valence-corrected chi connectivity index (χ3v) is 2.98. The molecule has 0 spiro atoms. The summed E-state index contributed by atoms with van der Waals surface area (Å²) in [6, 6.07) is 4.41. The smallest absolute Gasteiger partial charge is 0.0187 e. The number of aryl methyl sites for hydroxylation is 1. The number of fused-ring (bicyclic) bond motifs is 1. The van der Waals surface area contributed by atoms with Gasteiger partial charge in [0.15, 0.2) is 0 Å². The van der Waals surface area contributed by atoms with Crippen LogP contribution in [-0.2, 0) is 12.8 Å². The zero-order chi connectivity index (χ0) is 16.0. The lowest BCUT2D eigenvalue weighted by Gasteiger charge is -2.15. The van der Waals surface area contributed by atoms with Crippen LogP contribution in [0.1, 0.15) is 65.5 Å². The maximum atomic E-state index is 4.17. The zero-order valence-corrected chi connectivity index (χ0v) is 14.6. The van der Waals surface area contributed by atoms with E-state index in [2.05, 4.69) is 25.3 Å². The van der Waals surface area contributed by atoms with E-state index < -0.39 is 0 Å². The molecule has 20 heavy (non-hydrogen) atoms. The molecular formula is C20H34. The van der Waals surface area contributed by atoms with Gasteiger partial charge in [0.1, 0.15) is 0 Å². The van der Waals surface area contributed by atoms with Gasteiger partial charge in [-0.05, 0) is 47.2 Å². The second kappa shape index (κ2) is 14.1. The van der Waals surface area contributed by atoms with Crippen molar-refractivity contribution in [2.45, 2.75) is 67.2 Å². The summed E-state index contributed by atoms with van der Waals surface area (Å²) >= 11 is 0. The average Bonchev–Trinajstić information content (AvgIpc) is 2.56. The summed E-state index contributed by atoms with van der Waals surface area (Å²) in [6.07, 6.45) is 8.94. The molecule has 0 heterocycles. The van der Waals surface area contributed by atoms with E-state index in [0.717, 1.165) is 0 Å². The lowest BCUT2D eigenvalue weighted by Crippen LogP contribution is -2.29. The second-order valence-electron chi connectivity index (χ2n) is 3.88. The van der Waals surface area contributed by atoms with Crippen molar-refractivity contribution in [1.82, 2.24) is 0 Å². The minimum atomic E-state index is 1.20. The monoisotopic (exact) mass is 274 g/mol. The molecule has 0 unspecified atom stereocenters. The van der Waals surface area contributed by atoms with Gasteiger partial charge in [-0.25, -0.2) is 0 Å². The molecule has 2 rings (SSSR count). The van der Waals surface area contributed by atoms with Gasteiger partial charge in [-0.1, -0.05) is 79.0 Å². The lowest BCUT2D eigenvalue weighted by atomic mass is 9.90. The molecule has 0 saturated heterocycles. The molecule has 0 saturated carbocycles. The first-order chi connectivity index (χ1) is 9.83. The van der Waals surface area contributed by atoms with Crippen LogP contribution in [0.2, 0.25) is 0 Å². The molecular weight excluding hydrogens is 240 g/mol. The fourth-order valence-electron chi connectivity index (χ4n) is 2.21. The van der Waals surface area contributed by atoms with Crippen LogP contribution in [0.3, 0.4) is 0 Å². The van der Waals surface area contributed by atoms with E-state index in [0.29, 0.717) is 0 Å². The normalized spacial score (nSPS) is 12.4. The Morgan fingerprint density at radius 2 is 1.45 bits per heavy atom.